The van der Waals surface area contributed by atoms with E-state index in [2.05, 4.69) is 23.3 Å². The van der Waals surface area contributed by atoms with E-state index in [0.29, 0.717) is 0 Å². The Hall–Kier alpha value is -1.11. The summed E-state index contributed by atoms with van der Waals surface area (Å²) in [4.78, 5) is 43.7. The molecule has 0 aliphatic carbocycles. The Kier molecular flexibility index (Phi) is 15.9. The number of nitrogens with two attached hydrogens (primary N) is 1. The van der Waals surface area contributed by atoms with Gasteiger partial charge in [-0.3, -0.25) is 19.2 Å². The van der Waals surface area contributed by atoms with E-state index < -0.39 is 42.4 Å². The monoisotopic (exact) mass is 375 g/mol. The van der Waals surface area contributed by atoms with Gasteiger partial charge in [-0.15, -0.1) is 0 Å². The molecule has 0 radical (unpaired) electrons. The molecule has 0 spiro atoms. The van der Waals surface area contributed by atoms with Crippen molar-refractivity contribution in [3.8, 4) is 0 Å². The average molecular weight is 375 g/mol. The lowest BCUT2D eigenvalue weighted by molar-refractivity contribution is -0.139. The summed E-state index contributed by atoms with van der Waals surface area (Å²) in [6.07, 6.45) is -0.235. The van der Waals surface area contributed by atoms with Crippen LogP contribution in [0.15, 0.2) is 0 Å². The molecule has 9 nitrogen and oxygen atoms in total. The standard InChI is InChI=1S/C10H17N3O6S.2H2S/c11-5(10(18)19)1-2-7(14)13-6(4-20)9(17)12-3-8(15)16;;/h5-6,20H,1-4,11H2,(H,12,17)(H,13,14)(H,15,16)(H,18,19);2*1H2/t5-,6-;;/m0../s1. The van der Waals surface area contributed by atoms with Crippen molar-refractivity contribution in [3.63, 3.8) is 0 Å². The molecule has 130 valence electrons. The van der Waals surface area contributed by atoms with Crippen molar-refractivity contribution >= 4 is 63.4 Å². The fourth-order valence-corrected chi connectivity index (χ4v) is 1.41. The van der Waals surface area contributed by atoms with Crippen LogP contribution in [0.3, 0.4) is 0 Å². The van der Waals surface area contributed by atoms with E-state index in [9.17, 15) is 19.2 Å². The molecule has 0 saturated carbocycles. The summed E-state index contributed by atoms with van der Waals surface area (Å²) in [6.45, 7) is -0.567. The molecule has 0 heterocycles. The molecule has 0 aromatic heterocycles. The number of rotatable bonds is 9. The van der Waals surface area contributed by atoms with Crippen LogP contribution in [0.4, 0.5) is 0 Å². The Morgan fingerprint density at radius 2 is 1.68 bits per heavy atom. The first-order valence-electron chi connectivity index (χ1n) is 5.66. The first-order chi connectivity index (χ1) is 9.27. The second-order valence-electron chi connectivity index (χ2n) is 3.90. The highest BCUT2D eigenvalue weighted by Gasteiger charge is 2.20. The first kappa shape index (κ1) is 25.8. The summed E-state index contributed by atoms with van der Waals surface area (Å²) >= 11 is 3.87. The van der Waals surface area contributed by atoms with E-state index in [1.807, 2.05) is 0 Å². The predicted molar refractivity (Wildman–Crippen MR) is 92.0 cm³/mol. The lowest BCUT2D eigenvalue weighted by Crippen LogP contribution is -2.49. The van der Waals surface area contributed by atoms with Crippen molar-refractivity contribution in [2.45, 2.75) is 24.9 Å². The van der Waals surface area contributed by atoms with Gasteiger partial charge in [-0.2, -0.15) is 39.6 Å². The topological polar surface area (TPSA) is 159 Å². The number of hydrogen-bond acceptors (Lipinski definition) is 6. The molecule has 12 heteroatoms. The van der Waals surface area contributed by atoms with Gasteiger partial charge in [0.2, 0.25) is 11.8 Å². The maximum absolute atomic E-state index is 11.5. The summed E-state index contributed by atoms with van der Waals surface area (Å²) in [6, 6.07) is -2.15. The minimum Gasteiger partial charge on any atom is -0.480 e. The number of carboxylic acid groups (broad SMARTS) is 2. The minimum atomic E-state index is -1.22. The molecule has 0 aliphatic heterocycles. The van der Waals surface area contributed by atoms with Crippen LogP contribution < -0.4 is 16.4 Å². The zero-order valence-electron chi connectivity index (χ0n) is 11.5. The number of aliphatic carboxylic acids is 2. The van der Waals surface area contributed by atoms with Crippen molar-refractivity contribution in [2.75, 3.05) is 12.3 Å². The molecule has 2 atom stereocenters. The van der Waals surface area contributed by atoms with E-state index in [-0.39, 0.29) is 45.6 Å². The molecular formula is C10H21N3O6S3. The van der Waals surface area contributed by atoms with E-state index in [1.165, 1.54) is 0 Å². The largest absolute Gasteiger partial charge is 0.480 e. The van der Waals surface area contributed by atoms with Crippen molar-refractivity contribution in [2.24, 2.45) is 5.73 Å². The molecule has 0 aromatic carbocycles. The molecule has 6 N–H and O–H groups in total. The number of thiol groups is 1. The minimum absolute atomic E-state index is 0. The summed E-state index contributed by atoms with van der Waals surface area (Å²) < 4.78 is 0. The van der Waals surface area contributed by atoms with Gasteiger partial charge in [-0.25, -0.2) is 0 Å². The van der Waals surface area contributed by atoms with Crippen LogP contribution in [0.1, 0.15) is 12.8 Å². The Morgan fingerprint density at radius 1 is 1.14 bits per heavy atom. The van der Waals surface area contributed by atoms with Crippen LogP contribution in [0, 0.1) is 0 Å². The molecule has 0 saturated heterocycles. The van der Waals surface area contributed by atoms with Crippen LogP contribution >= 0.6 is 39.6 Å². The molecular weight excluding hydrogens is 354 g/mol. The highest BCUT2D eigenvalue weighted by molar-refractivity contribution is 7.80. The van der Waals surface area contributed by atoms with Gasteiger partial charge in [0.1, 0.15) is 18.6 Å². The number of carbonyl (C=O) groups is 4. The van der Waals surface area contributed by atoms with Gasteiger partial charge in [0.25, 0.3) is 0 Å². The zero-order valence-corrected chi connectivity index (χ0v) is 14.4. The van der Waals surface area contributed by atoms with Crippen LogP contribution in [0.25, 0.3) is 0 Å². The van der Waals surface area contributed by atoms with Gasteiger partial charge in [0, 0.05) is 12.2 Å². The molecule has 0 unspecified atom stereocenters. The first-order valence-corrected chi connectivity index (χ1v) is 6.29. The normalized spacial score (nSPS) is 11.9. The molecule has 0 aromatic rings. The summed E-state index contributed by atoms with van der Waals surface area (Å²) in [5.41, 5.74) is 5.23. The quantitative estimate of drug-likeness (QED) is 0.255. The van der Waals surface area contributed by atoms with Gasteiger partial charge in [0.05, 0.1) is 0 Å². The number of carboxylic acids is 2. The Labute approximate surface area is 146 Å². The molecule has 0 rings (SSSR count). The second-order valence-corrected chi connectivity index (χ2v) is 4.26. The third-order valence-corrected chi connectivity index (χ3v) is 2.61. The van der Waals surface area contributed by atoms with Crippen LogP contribution in [-0.4, -0.2) is 58.3 Å². The zero-order chi connectivity index (χ0) is 15.7. The predicted octanol–water partition coefficient (Wildman–Crippen LogP) is -1.98. The van der Waals surface area contributed by atoms with Crippen LogP contribution in [-0.2, 0) is 19.2 Å². The fourth-order valence-electron chi connectivity index (χ4n) is 1.16. The van der Waals surface area contributed by atoms with Gasteiger partial charge in [0.15, 0.2) is 0 Å². The smallest absolute Gasteiger partial charge is 0.322 e. The SMILES string of the molecule is N[C@@H](CCC(=O)N[C@@H](CS)C(=O)NCC(=O)O)C(=O)O.S.S. The van der Waals surface area contributed by atoms with Crippen molar-refractivity contribution in [1.82, 2.24) is 10.6 Å². The fraction of sp³-hybridized carbons (Fsp3) is 0.600. The van der Waals surface area contributed by atoms with Gasteiger partial charge in [-0.05, 0) is 6.42 Å². The second kappa shape index (κ2) is 13.5. The van der Waals surface area contributed by atoms with E-state index >= 15 is 0 Å². The molecule has 0 bridgehead atoms. The number of hydrogen-bond donors (Lipinski definition) is 6. The van der Waals surface area contributed by atoms with Crippen molar-refractivity contribution < 1.29 is 29.4 Å². The molecule has 2 amide bonds. The number of carbonyl (C=O) groups excluding carboxylic acids is 2. The van der Waals surface area contributed by atoms with Crippen LogP contribution in [0.2, 0.25) is 0 Å². The van der Waals surface area contributed by atoms with E-state index in [0.717, 1.165) is 0 Å². The third kappa shape index (κ3) is 11.5. The Bertz CT molecular complexity index is 396. The molecule has 22 heavy (non-hydrogen) atoms. The molecule has 0 aliphatic rings. The lowest BCUT2D eigenvalue weighted by Gasteiger charge is -2.16. The van der Waals surface area contributed by atoms with Crippen LogP contribution in [0.5, 0.6) is 0 Å². The molecule has 0 fully saturated rings. The third-order valence-electron chi connectivity index (χ3n) is 2.25. The maximum atomic E-state index is 11.5. The Morgan fingerprint density at radius 3 is 2.09 bits per heavy atom. The highest BCUT2D eigenvalue weighted by Crippen LogP contribution is 1.97. The van der Waals surface area contributed by atoms with Gasteiger partial charge in [-0.1, -0.05) is 0 Å². The van der Waals surface area contributed by atoms with E-state index in [4.69, 9.17) is 15.9 Å². The van der Waals surface area contributed by atoms with Crippen molar-refractivity contribution in [3.05, 3.63) is 0 Å². The van der Waals surface area contributed by atoms with Gasteiger partial charge >= 0.3 is 11.9 Å². The lowest BCUT2D eigenvalue weighted by atomic mass is 10.1. The van der Waals surface area contributed by atoms with E-state index in [1.54, 1.807) is 0 Å². The highest BCUT2D eigenvalue weighted by atomic mass is 32.1. The average Bonchev–Trinajstić information content (AvgIpc) is 2.38. The Balaban J connectivity index is -0.00000180. The summed E-state index contributed by atoms with van der Waals surface area (Å²) in [5.74, 6) is -3.70. The maximum Gasteiger partial charge on any atom is 0.322 e. The van der Waals surface area contributed by atoms with Crippen molar-refractivity contribution in [1.29, 1.82) is 0 Å². The van der Waals surface area contributed by atoms with Gasteiger partial charge < -0.3 is 26.6 Å². The summed E-state index contributed by atoms with van der Waals surface area (Å²) in [7, 11) is 0. The summed E-state index contributed by atoms with van der Waals surface area (Å²) in [5, 5.41) is 21.4. The number of amides is 2. The number of nitrogens with one attached hydrogen (secondary N) is 2.